The lowest BCUT2D eigenvalue weighted by Crippen LogP contribution is -2.31. The molecule has 0 nitrogen and oxygen atoms in total. The number of alkyl halides is 2. The van der Waals surface area contributed by atoms with Crippen molar-refractivity contribution in [3.05, 3.63) is 0 Å². The van der Waals surface area contributed by atoms with Crippen LogP contribution in [0.25, 0.3) is 0 Å². The molecule has 1 saturated carbocycles. The van der Waals surface area contributed by atoms with Gasteiger partial charge in [0.05, 0.1) is 0 Å². The van der Waals surface area contributed by atoms with Crippen molar-refractivity contribution in [2.75, 3.05) is 0 Å². The molecule has 0 aromatic heterocycles. The van der Waals surface area contributed by atoms with Gasteiger partial charge in [-0.2, -0.15) is 0 Å². The van der Waals surface area contributed by atoms with E-state index in [1.54, 1.807) is 0 Å². The molecule has 1 fully saturated rings. The first kappa shape index (κ1) is 16.6. The second-order valence-electron chi connectivity index (χ2n) is 6.11. The van der Waals surface area contributed by atoms with Gasteiger partial charge in [-0.25, -0.2) is 0 Å². The Bertz CT molecular complexity index is 207. The van der Waals surface area contributed by atoms with Crippen LogP contribution in [0, 0.1) is 11.8 Å². The molecule has 18 heavy (non-hydrogen) atoms. The van der Waals surface area contributed by atoms with E-state index in [-0.39, 0.29) is 0 Å². The summed E-state index contributed by atoms with van der Waals surface area (Å²) >= 11 is 13.2. The van der Waals surface area contributed by atoms with Gasteiger partial charge in [-0.05, 0) is 31.1 Å². The summed E-state index contributed by atoms with van der Waals surface area (Å²) in [5.74, 6) is 0.978. The largest absolute Gasteiger partial charge is 0.123 e. The Hall–Kier alpha value is 0.580. The molecule has 0 bridgehead atoms. The SMILES string of the molecule is CCCCCCCCC(C)C(Cl)(Cl)C1CCCC1. The third-order valence-electron chi connectivity index (χ3n) is 4.55. The number of hydrogen-bond acceptors (Lipinski definition) is 0. The van der Waals surface area contributed by atoms with Gasteiger partial charge in [-0.15, -0.1) is 23.2 Å². The minimum atomic E-state index is -0.472. The molecule has 0 N–H and O–H groups in total. The van der Waals surface area contributed by atoms with Gasteiger partial charge >= 0.3 is 0 Å². The minimum Gasteiger partial charge on any atom is -0.101 e. The van der Waals surface area contributed by atoms with E-state index in [1.165, 1.54) is 70.6 Å². The number of rotatable bonds is 9. The summed E-state index contributed by atoms with van der Waals surface area (Å²) in [5.41, 5.74) is 0. The topological polar surface area (TPSA) is 0 Å². The molecule has 0 radical (unpaired) electrons. The molecule has 0 aromatic rings. The Morgan fingerprint density at radius 2 is 1.56 bits per heavy atom. The fraction of sp³-hybridized carbons (Fsp3) is 1.00. The maximum atomic E-state index is 6.62. The maximum Gasteiger partial charge on any atom is 0.123 e. The first-order valence-corrected chi connectivity index (χ1v) is 8.72. The summed E-state index contributed by atoms with van der Waals surface area (Å²) in [5, 5.41) is 0. The van der Waals surface area contributed by atoms with Crippen molar-refractivity contribution in [2.45, 2.75) is 88.8 Å². The van der Waals surface area contributed by atoms with Crippen LogP contribution >= 0.6 is 23.2 Å². The van der Waals surface area contributed by atoms with E-state index in [9.17, 15) is 0 Å². The monoisotopic (exact) mass is 292 g/mol. The van der Waals surface area contributed by atoms with Gasteiger partial charge in [0.25, 0.3) is 0 Å². The van der Waals surface area contributed by atoms with Gasteiger partial charge in [0.1, 0.15) is 4.33 Å². The molecule has 1 rings (SSSR count). The summed E-state index contributed by atoms with van der Waals surface area (Å²) in [7, 11) is 0. The normalized spacial score (nSPS) is 19.3. The smallest absolute Gasteiger partial charge is 0.101 e. The van der Waals surface area contributed by atoms with Crippen molar-refractivity contribution in [3.8, 4) is 0 Å². The van der Waals surface area contributed by atoms with E-state index in [0.717, 1.165) is 0 Å². The van der Waals surface area contributed by atoms with Gasteiger partial charge in [-0.1, -0.05) is 65.2 Å². The highest BCUT2D eigenvalue weighted by Crippen LogP contribution is 2.47. The molecular formula is C16H30Cl2. The van der Waals surface area contributed by atoms with Gasteiger partial charge in [0.2, 0.25) is 0 Å². The average Bonchev–Trinajstić information content (AvgIpc) is 2.87. The Labute approximate surface area is 124 Å². The maximum absolute atomic E-state index is 6.62. The molecule has 0 aliphatic heterocycles. The van der Waals surface area contributed by atoms with Crippen LogP contribution in [0.5, 0.6) is 0 Å². The lowest BCUT2D eigenvalue weighted by atomic mass is 9.89. The molecule has 0 amide bonds. The van der Waals surface area contributed by atoms with E-state index < -0.39 is 4.33 Å². The predicted molar refractivity (Wildman–Crippen MR) is 83.6 cm³/mol. The molecule has 1 atom stereocenters. The zero-order valence-electron chi connectivity index (χ0n) is 12.2. The van der Waals surface area contributed by atoms with E-state index in [1.807, 2.05) is 0 Å². The van der Waals surface area contributed by atoms with Gasteiger partial charge in [0, 0.05) is 0 Å². The summed E-state index contributed by atoms with van der Waals surface area (Å²) in [6, 6.07) is 0. The van der Waals surface area contributed by atoms with Crippen LogP contribution in [0.3, 0.4) is 0 Å². The van der Waals surface area contributed by atoms with Crippen LogP contribution in [-0.4, -0.2) is 4.33 Å². The Morgan fingerprint density at radius 1 is 1.00 bits per heavy atom. The fourth-order valence-electron chi connectivity index (χ4n) is 3.14. The molecule has 2 heteroatoms. The molecule has 1 unspecified atom stereocenters. The molecule has 0 aromatic carbocycles. The molecule has 108 valence electrons. The highest BCUT2D eigenvalue weighted by atomic mass is 35.5. The van der Waals surface area contributed by atoms with Crippen LogP contribution in [0.2, 0.25) is 0 Å². The van der Waals surface area contributed by atoms with Gasteiger partial charge in [-0.3, -0.25) is 0 Å². The van der Waals surface area contributed by atoms with Crippen LogP contribution in [0.4, 0.5) is 0 Å². The van der Waals surface area contributed by atoms with Crippen LogP contribution in [0.15, 0.2) is 0 Å². The molecular weight excluding hydrogens is 263 g/mol. The van der Waals surface area contributed by atoms with Gasteiger partial charge < -0.3 is 0 Å². The van der Waals surface area contributed by atoms with Crippen molar-refractivity contribution >= 4 is 23.2 Å². The standard InChI is InChI=1S/C16H30Cl2/c1-3-4-5-6-7-8-11-14(2)16(17,18)15-12-9-10-13-15/h14-15H,3-13H2,1-2H3. The average molecular weight is 293 g/mol. The fourth-order valence-corrected chi connectivity index (χ4v) is 3.79. The lowest BCUT2D eigenvalue weighted by Gasteiger charge is -2.32. The van der Waals surface area contributed by atoms with E-state index >= 15 is 0 Å². The summed E-state index contributed by atoms with van der Waals surface area (Å²) < 4.78 is -0.472. The van der Waals surface area contributed by atoms with E-state index in [0.29, 0.717) is 11.8 Å². The lowest BCUT2D eigenvalue weighted by molar-refractivity contribution is 0.341. The number of hydrogen-bond donors (Lipinski definition) is 0. The summed E-state index contributed by atoms with van der Waals surface area (Å²) in [6.07, 6.45) is 14.4. The van der Waals surface area contributed by atoms with E-state index in [4.69, 9.17) is 23.2 Å². The third kappa shape index (κ3) is 5.29. The van der Waals surface area contributed by atoms with Crippen molar-refractivity contribution in [3.63, 3.8) is 0 Å². The molecule has 1 aliphatic carbocycles. The van der Waals surface area contributed by atoms with Gasteiger partial charge in [0.15, 0.2) is 0 Å². The molecule has 0 spiro atoms. The second kappa shape index (κ2) is 8.69. The highest BCUT2D eigenvalue weighted by Gasteiger charge is 2.40. The summed E-state index contributed by atoms with van der Waals surface area (Å²) in [4.78, 5) is 0. The molecule has 0 saturated heterocycles. The highest BCUT2D eigenvalue weighted by molar-refractivity contribution is 6.48. The minimum absolute atomic E-state index is 0.440. The Kier molecular flexibility index (Phi) is 8.03. The van der Waals surface area contributed by atoms with Crippen LogP contribution in [0.1, 0.15) is 84.5 Å². The zero-order valence-corrected chi connectivity index (χ0v) is 13.7. The Morgan fingerprint density at radius 3 is 2.17 bits per heavy atom. The Balaban J connectivity index is 2.16. The number of halogens is 2. The van der Waals surface area contributed by atoms with Crippen molar-refractivity contribution in [1.82, 2.24) is 0 Å². The number of unbranched alkanes of at least 4 members (excludes halogenated alkanes) is 5. The van der Waals surface area contributed by atoms with Crippen molar-refractivity contribution < 1.29 is 0 Å². The molecule has 1 aliphatic rings. The summed E-state index contributed by atoms with van der Waals surface area (Å²) in [6.45, 7) is 4.50. The predicted octanol–water partition coefficient (Wildman–Crippen LogP) is 6.74. The van der Waals surface area contributed by atoms with Crippen molar-refractivity contribution in [1.29, 1.82) is 0 Å². The van der Waals surface area contributed by atoms with E-state index in [2.05, 4.69) is 13.8 Å². The first-order chi connectivity index (χ1) is 8.59. The third-order valence-corrected chi connectivity index (χ3v) is 5.91. The zero-order chi connectivity index (χ0) is 13.4. The van der Waals surface area contributed by atoms with Crippen LogP contribution in [-0.2, 0) is 0 Å². The molecule has 0 heterocycles. The first-order valence-electron chi connectivity index (χ1n) is 7.96. The van der Waals surface area contributed by atoms with Crippen LogP contribution < -0.4 is 0 Å². The second-order valence-corrected chi connectivity index (χ2v) is 7.56. The quantitative estimate of drug-likeness (QED) is 0.326. The van der Waals surface area contributed by atoms with Crippen molar-refractivity contribution in [2.24, 2.45) is 11.8 Å².